The Labute approximate surface area is 292 Å². The maximum atomic E-state index is 5.16. The zero-order valence-electron chi connectivity index (χ0n) is 28.8. The van der Waals surface area contributed by atoms with Crippen LogP contribution in [0.2, 0.25) is 0 Å². The zero-order valence-corrected chi connectivity index (χ0v) is 28.8. The van der Waals surface area contributed by atoms with Crippen LogP contribution < -0.4 is 0 Å². The normalized spacial score (nSPS) is 12.2. The highest BCUT2D eigenvalue weighted by molar-refractivity contribution is 6.13. The van der Waals surface area contributed by atoms with E-state index in [1.54, 1.807) is 0 Å². The number of pyridine rings is 2. The Morgan fingerprint density at radius 2 is 0.820 bits per heavy atom. The molecule has 50 heavy (non-hydrogen) atoms. The van der Waals surface area contributed by atoms with Crippen LogP contribution in [0.3, 0.4) is 0 Å². The molecule has 0 aliphatic rings. The van der Waals surface area contributed by atoms with Crippen LogP contribution in [0.4, 0.5) is 11.4 Å². The van der Waals surface area contributed by atoms with E-state index in [-0.39, 0.29) is 0 Å². The summed E-state index contributed by atoms with van der Waals surface area (Å²) in [5.74, 6) is 0.746. The summed E-state index contributed by atoms with van der Waals surface area (Å²) >= 11 is 0. The summed E-state index contributed by atoms with van der Waals surface area (Å²) in [5.41, 5.74) is 9.99. The molecule has 0 spiro atoms. The second-order valence-electron chi connectivity index (χ2n) is 13.5. The molecule has 4 heteroatoms. The highest BCUT2D eigenvalue weighted by Gasteiger charge is 2.17. The van der Waals surface area contributed by atoms with Crippen molar-refractivity contribution < 1.29 is 0 Å². The van der Waals surface area contributed by atoms with Crippen molar-refractivity contribution in [3.05, 3.63) is 156 Å². The first-order valence-corrected chi connectivity index (χ1v) is 17.4. The van der Waals surface area contributed by atoms with Gasteiger partial charge in [0.2, 0.25) is 0 Å². The Morgan fingerprint density at radius 1 is 0.420 bits per heavy atom. The fourth-order valence-electron chi connectivity index (χ4n) is 6.98. The van der Waals surface area contributed by atoms with Gasteiger partial charge in [-0.05, 0) is 68.8 Å². The third-order valence-electron chi connectivity index (χ3n) is 9.53. The smallest absolute Gasteiger partial charge is 0.0820 e. The molecule has 8 aromatic rings. The summed E-state index contributed by atoms with van der Waals surface area (Å²) in [6.07, 6.45) is 3.78. The minimum absolute atomic E-state index is 0.373. The molecule has 6 aromatic carbocycles. The average Bonchev–Trinajstić information content (AvgIpc) is 3.15. The topological polar surface area (TPSA) is 50.5 Å². The van der Waals surface area contributed by atoms with Crippen molar-refractivity contribution in [2.24, 2.45) is 9.98 Å². The largest absolute Gasteiger partial charge is 0.254 e. The Balaban J connectivity index is 1.31. The highest BCUT2D eigenvalue weighted by Crippen LogP contribution is 2.45. The third kappa shape index (κ3) is 5.83. The van der Waals surface area contributed by atoms with Crippen molar-refractivity contribution in [1.82, 2.24) is 9.97 Å². The maximum absolute atomic E-state index is 5.16. The van der Waals surface area contributed by atoms with E-state index >= 15 is 0 Å². The molecule has 0 fully saturated rings. The van der Waals surface area contributed by atoms with Crippen LogP contribution in [0.1, 0.15) is 62.0 Å². The van der Waals surface area contributed by atoms with Gasteiger partial charge in [0, 0.05) is 21.9 Å². The van der Waals surface area contributed by atoms with E-state index in [0.717, 1.165) is 77.2 Å². The molecular formula is C46H38N4. The number of aliphatic imine (C=N–C) groups is 2. The lowest BCUT2D eigenvalue weighted by molar-refractivity contribution is 0.872. The Kier molecular flexibility index (Phi) is 8.22. The summed E-state index contributed by atoms with van der Waals surface area (Å²) in [6, 6.07) is 46.7. The number of aromatic nitrogens is 2. The van der Waals surface area contributed by atoms with E-state index in [2.05, 4.69) is 149 Å². The van der Waals surface area contributed by atoms with Crippen LogP contribution >= 0.6 is 0 Å². The quantitative estimate of drug-likeness (QED) is 0.162. The number of rotatable bonds is 7. The zero-order chi connectivity index (χ0) is 34.2. The van der Waals surface area contributed by atoms with Crippen molar-refractivity contribution in [3.63, 3.8) is 0 Å². The molecule has 0 atom stereocenters. The van der Waals surface area contributed by atoms with Gasteiger partial charge in [0.1, 0.15) is 0 Å². The molecule has 0 aliphatic heterocycles. The molecular weight excluding hydrogens is 609 g/mol. The maximum Gasteiger partial charge on any atom is 0.0820 e. The van der Waals surface area contributed by atoms with Gasteiger partial charge >= 0.3 is 0 Å². The molecule has 242 valence electrons. The van der Waals surface area contributed by atoms with Gasteiger partial charge in [-0.25, -0.2) is 9.97 Å². The summed E-state index contributed by atoms with van der Waals surface area (Å²) in [7, 11) is 0. The van der Waals surface area contributed by atoms with Gasteiger partial charge in [-0.15, -0.1) is 0 Å². The van der Waals surface area contributed by atoms with Gasteiger partial charge < -0.3 is 0 Å². The van der Waals surface area contributed by atoms with Crippen molar-refractivity contribution in [2.75, 3.05) is 0 Å². The first-order valence-electron chi connectivity index (χ1n) is 17.4. The third-order valence-corrected chi connectivity index (χ3v) is 9.53. The molecule has 0 unspecified atom stereocenters. The van der Waals surface area contributed by atoms with Gasteiger partial charge in [0.15, 0.2) is 0 Å². The van der Waals surface area contributed by atoms with Crippen molar-refractivity contribution in [1.29, 1.82) is 0 Å². The molecule has 0 amide bonds. The lowest BCUT2D eigenvalue weighted by Crippen LogP contribution is -1.95. The summed E-state index contributed by atoms with van der Waals surface area (Å²) in [6.45, 7) is 8.84. The van der Waals surface area contributed by atoms with Gasteiger partial charge in [0.25, 0.3) is 0 Å². The van der Waals surface area contributed by atoms with Crippen molar-refractivity contribution in [2.45, 2.75) is 39.5 Å². The van der Waals surface area contributed by atoms with Crippen LogP contribution in [0.15, 0.2) is 143 Å². The van der Waals surface area contributed by atoms with Crippen LogP contribution in [0, 0.1) is 0 Å². The fourth-order valence-corrected chi connectivity index (χ4v) is 6.98. The predicted molar refractivity (Wildman–Crippen MR) is 213 cm³/mol. The van der Waals surface area contributed by atoms with E-state index < -0.39 is 0 Å². The molecule has 2 heterocycles. The highest BCUT2D eigenvalue weighted by atomic mass is 14.8. The Hall–Kier alpha value is -6.00. The molecule has 0 radical (unpaired) electrons. The van der Waals surface area contributed by atoms with Gasteiger partial charge in [-0.3, -0.25) is 9.98 Å². The van der Waals surface area contributed by atoms with E-state index in [1.165, 1.54) is 11.1 Å². The summed E-state index contributed by atoms with van der Waals surface area (Å²) < 4.78 is 0. The fraction of sp³-hybridized carbons (Fsp3) is 0.130. The van der Waals surface area contributed by atoms with Crippen molar-refractivity contribution in [3.8, 4) is 11.1 Å². The van der Waals surface area contributed by atoms with E-state index in [0.29, 0.717) is 11.8 Å². The number of hydrogen-bond acceptors (Lipinski definition) is 4. The number of nitrogens with zero attached hydrogens (tertiary/aromatic N) is 4. The first-order chi connectivity index (χ1) is 24.4. The molecule has 4 nitrogen and oxygen atoms in total. The molecule has 0 saturated carbocycles. The Morgan fingerprint density at radius 3 is 1.26 bits per heavy atom. The second kappa shape index (κ2) is 13.1. The molecule has 0 saturated heterocycles. The minimum atomic E-state index is 0.373. The monoisotopic (exact) mass is 646 g/mol. The van der Waals surface area contributed by atoms with Gasteiger partial charge in [-0.2, -0.15) is 0 Å². The molecule has 8 rings (SSSR count). The van der Waals surface area contributed by atoms with Crippen LogP contribution in [-0.4, -0.2) is 22.4 Å². The van der Waals surface area contributed by atoms with E-state index in [9.17, 15) is 0 Å². The standard InChI is InChI=1S/C46H38N4/c1-29(2)37-17-9-13-33-19-23-35(49-45(33)37)27-47-41-25-21-31-11-5-7-15-39(31)43(41)44-40-16-8-6-12-32(40)22-26-42(44)48-28-36-24-20-34-14-10-18-38(30(3)4)46(34)50-36/h5-30H,1-4H3. The van der Waals surface area contributed by atoms with Crippen LogP contribution in [-0.2, 0) is 0 Å². The molecule has 2 aromatic heterocycles. The van der Waals surface area contributed by atoms with E-state index in [4.69, 9.17) is 20.0 Å². The summed E-state index contributed by atoms with van der Waals surface area (Å²) in [5, 5.41) is 6.81. The van der Waals surface area contributed by atoms with Gasteiger partial charge in [-0.1, -0.05) is 137 Å². The number of fused-ring (bicyclic) bond motifs is 4. The second-order valence-corrected chi connectivity index (χ2v) is 13.5. The molecule has 0 bridgehead atoms. The number of para-hydroxylation sites is 2. The lowest BCUT2D eigenvalue weighted by Gasteiger charge is -2.16. The Bertz CT molecular complexity index is 2430. The molecule has 0 aliphatic carbocycles. The first kappa shape index (κ1) is 31.3. The summed E-state index contributed by atoms with van der Waals surface area (Å²) in [4.78, 5) is 20.4. The number of benzene rings is 6. The van der Waals surface area contributed by atoms with Crippen LogP contribution in [0.5, 0.6) is 0 Å². The lowest BCUT2D eigenvalue weighted by atomic mass is 9.91. The van der Waals surface area contributed by atoms with Crippen molar-refractivity contribution >= 4 is 67.2 Å². The average molecular weight is 647 g/mol. The minimum Gasteiger partial charge on any atom is -0.254 e. The SMILES string of the molecule is CC(C)c1cccc2ccc(C=Nc3ccc4ccccc4c3-c3c(N=Cc4ccc5cccc(C(C)C)c5n4)ccc4ccccc34)nc12. The van der Waals surface area contributed by atoms with Crippen LogP contribution in [0.25, 0.3) is 54.5 Å². The number of hydrogen-bond donors (Lipinski definition) is 0. The van der Waals surface area contributed by atoms with E-state index in [1.807, 2.05) is 24.6 Å². The molecule has 0 N–H and O–H groups in total. The predicted octanol–water partition coefficient (Wildman–Crippen LogP) is 12.5. The van der Waals surface area contributed by atoms with Gasteiger partial charge in [0.05, 0.1) is 46.2 Å².